The summed E-state index contributed by atoms with van der Waals surface area (Å²) in [5, 5.41) is 3.79. The Bertz CT molecular complexity index is 645. The molecule has 7 heteroatoms. The lowest BCUT2D eigenvalue weighted by molar-refractivity contribution is -0.134. The first-order valence-electron chi connectivity index (χ1n) is 9.58. The summed E-state index contributed by atoms with van der Waals surface area (Å²) in [5.74, 6) is 0.623. The van der Waals surface area contributed by atoms with Crippen LogP contribution >= 0.6 is 11.6 Å². The van der Waals surface area contributed by atoms with Gasteiger partial charge < -0.3 is 19.9 Å². The van der Waals surface area contributed by atoms with Crippen LogP contribution in [0, 0.1) is 13.8 Å². The number of carbonyl (C=O) groups excluding carboxylic acids is 2. The van der Waals surface area contributed by atoms with E-state index in [9.17, 15) is 9.59 Å². The molecule has 1 fully saturated rings. The second-order valence-corrected chi connectivity index (χ2v) is 7.31. The fourth-order valence-electron chi connectivity index (χ4n) is 3.28. The number of likely N-dealkylation sites (tertiary alicyclic amines) is 1. The highest BCUT2D eigenvalue weighted by atomic mass is 35.5. The van der Waals surface area contributed by atoms with Gasteiger partial charge in [0.1, 0.15) is 5.75 Å². The lowest BCUT2D eigenvalue weighted by atomic mass is 10.1. The van der Waals surface area contributed by atoms with Crippen molar-refractivity contribution in [2.45, 2.75) is 46.6 Å². The number of halogens is 1. The summed E-state index contributed by atoms with van der Waals surface area (Å²) in [6, 6.07) is 3.78. The Morgan fingerprint density at radius 1 is 1.19 bits per heavy atom. The molecule has 1 saturated heterocycles. The Kier molecular flexibility index (Phi) is 7.78. The van der Waals surface area contributed by atoms with Crippen LogP contribution in [0.4, 0.5) is 4.79 Å². The average Bonchev–Trinajstić information content (AvgIpc) is 2.65. The van der Waals surface area contributed by atoms with E-state index in [1.54, 1.807) is 9.80 Å². The van der Waals surface area contributed by atoms with Gasteiger partial charge >= 0.3 is 6.03 Å². The maximum Gasteiger partial charge on any atom is 0.317 e. The van der Waals surface area contributed by atoms with Crippen molar-refractivity contribution in [1.82, 2.24) is 15.1 Å². The predicted molar refractivity (Wildman–Crippen MR) is 107 cm³/mol. The summed E-state index contributed by atoms with van der Waals surface area (Å²) < 4.78 is 5.66. The second-order valence-electron chi connectivity index (χ2n) is 6.94. The number of nitrogens with one attached hydrogen (secondary N) is 1. The van der Waals surface area contributed by atoms with Crippen LogP contribution in [0.25, 0.3) is 0 Å². The zero-order valence-corrected chi connectivity index (χ0v) is 17.4. The number of carbonyl (C=O) groups is 2. The number of benzene rings is 1. The molecule has 1 aliphatic heterocycles. The highest BCUT2D eigenvalue weighted by molar-refractivity contribution is 6.32. The van der Waals surface area contributed by atoms with Crippen molar-refractivity contribution in [2.75, 3.05) is 32.8 Å². The Hall–Kier alpha value is -1.95. The predicted octanol–water partition coefficient (Wildman–Crippen LogP) is 3.38. The molecule has 0 aliphatic carbocycles. The van der Waals surface area contributed by atoms with Crippen LogP contribution in [0.3, 0.4) is 0 Å². The monoisotopic (exact) mass is 395 g/mol. The fourth-order valence-corrected chi connectivity index (χ4v) is 3.38. The normalized spacial score (nSPS) is 14.8. The lowest BCUT2D eigenvalue weighted by Crippen LogP contribution is -2.50. The van der Waals surface area contributed by atoms with Crippen LogP contribution in [0.15, 0.2) is 12.1 Å². The number of ether oxygens (including phenoxy) is 1. The molecule has 1 N–H and O–H groups in total. The zero-order chi connectivity index (χ0) is 20.0. The molecule has 1 aromatic carbocycles. The van der Waals surface area contributed by atoms with E-state index < -0.39 is 0 Å². The topological polar surface area (TPSA) is 61.9 Å². The Morgan fingerprint density at radius 3 is 2.26 bits per heavy atom. The number of nitrogens with zero attached hydrogens (tertiary/aromatic N) is 2. The van der Waals surface area contributed by atoms with Crippen LogP contribution in [-0.4, -0.2) is 60.6 Å². The highest BCUT2D eigenvalue weighted by Crippen LogP contribution is 2.26. The summed E-state index contributed by atoms with van der Waals surface area (Å²) in [6.07, 6.45) is 1.52. The van der Waals surface area contributed by atoms with E-state index in [2.05, 4.69) is 5.32 Å². The van der Waals surface area contributed by atoms with Crippen LogP contribution in [0.5, 0.6) is 5.75 Å². The quantitative estimate of drug-likeness (QED) is 0.803. The summed E-state index contributed by atoms with van der Waals surface area (Å²) >= 11 is 6.16. The third kappa shape index (κ3) is 5.76. The van der Waals surface area contributed by atoms with Crippen molar-refractivity contribution in [2.24, 2.45) is 0 Å². The molecule has 0 unspecified atom stereocenters. The van der Waals surface area contributed by atoms with Crippen molar-refractivity contribution in [3.05, 3.63) is 28.3 Å². The first-order chi connectivity index (χ1) is 12.8. The van der Waals surface area contributed by atoms with Crippen LogP contribution in [-0.2, 0) is 4.79 Å². The Morgan fingerprint density at radius 2 is 1.74 bits per heavy atom. The first-order valence-corrected chi connectivity index (χ1v) is 9.96. The van der Waals surface area contributed by atoms with Crippen molar-refractivity contribution in [3.8, 4) is 5.75 Å². The standard InChI is InChI=1S/C20H30ClN3O3/c1-5-23(6-2)20(26)22-16-7-9-24(10-8-16)18(25)13-27-17-11-14(3)19(21)15(4)12-17/h11-12,16H,5-10,13H2,1-4H3,(H,22,26). The zero-order valence-electron chi connectivity index (χ0n) is 16.7. The van der Waals surface area contributed by atoms with Gasteiger partial charge in [-0.2, -0.15) is 0 Å². The molecule has 1 aromatic rings. The third-order valence-corrected chi connectivity index (χ3v) is 5.59. The Labute approximate surface area is 166 Å². The van der Waals surface area contributed by atoms with Gasteiger partial charge in [-0.05, 0) is 63.8 Å². The summed E-state index contributed by atoms with van der Waals surface area (Å²) in [4.78, 5) is 28.1. The number of urea groups is 1. The van der Waals surface area contributed by atoms with Crippen LogP contribution < -0.4 is 10.1 Å². The third-order valence-electron chi connectivity index (χ3n) is 5.00. The molecular weight excluding hydrogens is 366 g/mol. The minimum atomic E-state index is -0.0335. The molecule has 150 valence electrons. The summed E-state index contributed by atoms with van der Waals surface area (Å²) in [6.45, 7) is 10.4. The van der Waals surface area contributed by atoms with Crippen molar-refractivity contribution in [3.63, 3.8) is 0 Å². The molecule has 0 bridgehead atoms. The molecule has 0 spiro atoms. The minimum Gasteiger partial charge on any atom is -0.484 e. The molecule has 1 heterocycles. The SMILES string of the molecule is CCN(CC)C(=O)NC1CCN(C(=O)COc2cc(C)c(Cl)c(C)c2)CC1. The molecule has 6 nitrogen and oxygen atoms in total. The molecule has 3 amide bonds. The molecule has 0 saturated carbocycles. The maximum absolute atomic E-state index is 12.4. The van der Waals surface area contributed by atoms with Gasteiger partial charge in [0.25, 0.3) is 5.91 Å². The summed E-state index contributed by atoms with van der Waals surface area (Å²) in [5.41, 5.74) is 1.87. The molecule has 27 heavy (non-hydrogen) atoms. The van der Waals surface area contributed by atoms with E-state index in [4.69, 9.17) is 16.3 Å². The lowest BCUT2D eigenvalue weighted by Gasteiger charge is -2.33. The number of piperidine rings is 1. The minimum absolute atomic E-state index is 0.0109. The van der Waals surface area contributed by atoms with Crippen molar-refractivity contribution in [1.29, 1.82) is 0 Å². The van der Waals surface area contributed by atoms with E-state index >= 15 is 0 Å². The van der Waals surface area contributed by atoms with E-state index in [0.717, 1.165) is 29.0 Å². The van der Waals surface area contributed by atoms with E-state index in [-0.39, 0.29) is 24.6 Å². The van der Waals surface area contributed by atoms with E-state index in [0.29, 0.717) is 31.9 Å². The number of hydrogen-bond donors (Lipinski definition) is 1. The number of rotatable bonds is 6. The van der Waals surface area contributed by atoms with Crippen molar-refractivity contribution >= 4 is 23.5 Å². The Balaban J connectivity index is 1.79. The molecule has 1 aliphatic rings. The van der Waals surface area contributed by atoms with Gasteiger partial charge in [0.2, 0.25) is 0 Å². The van der Waals surface area contributed by atoms with Crippen LogP contribution in [0.2, 0.25) is 5.02 Å². The average molecular weight is 396 g/mol. The van der Waals surface area contributed by atoms with E-state index in [1.165, 1.54) is 0 Å². The van der Waals surface area contributed by atoms with E-state index in [1.807, 2.05) is 39.8 Å². The van der Waals surface area contributed by atoms with Gasteiger partial charge in [-0.1, -0.05) is 11.6 Å². The van der Waals surface area contributed by atoms with Gasteiger partial charge in [-0.3, -0.25) is 4.79 Å². The van der Waals surface area contributed by atoms with Gasteiger partial charge in [-0.15, -0.1) is 0 Å². The fraction of sp³-hybridized carbons (Fsp3) is 0.600. The highest BCUT2D eigenvalue weighted by Gasteiger charge is 2.25. The number of amides is 3. The molecule has 2 rings (SSSR count). The number of aryl methyl sites for hydroxylation is 2. The van der Waals surface area contributed by atoms with Gasteiger partial charge in [-0.25, -0.2) is 4.79 Å². The van der Waals surface area contributed by atoms with Gasteiger partial charge in [0.05, 0.1) is 0 Å². The summed E-state index contributed by atoms with van der Waals surface area (Å²) in [7, 11) is 0. The molecule has 0 aromatic heterocycles. The van der Waals surface area contributed by atoms with Gasteiger partial charge in [0.15, 0.2) is 6.61 Å². The van der Waals surface area contributed by atoms with Crippen molar-refractivity contribution < 1.29 is 14.3 Å². The largest absolute Gasteiger partial charge is 0.484 e. The molecule has 0 radical (unpaired) electrons. The van der Waals surface area contributed by atoms with Crippen LogP contribution in [0.1, 0.15) is 37.8 Å². The first kappa shape index (κ1) is 21.4. The molecular formula is C20H30ClN3O3. The smallest absolute Gasteiger partial charge is 0.317 e. The molecule has 0 atom stereocenters. The second kappa shape index (κ2) is 9.83. The number of hydrogen-bond acceptors (Lipinski definition) is 3. The van der Waals surface area contributed by atoms with Gasteiger partial charge in [0, 0.05) is 37.2 Å². The maximum atomic E-state index is 12.4.